The highest BCUT2D eigenvalue weighted by atomic mass is 16.5. The molecule has 2 heterocycles. The van der Waals surface area contributed by atoms with Gasteiger partial charge in [0.2, 0.25) is 5.91 Å². The highest BCUT2D eigenvalue weighted by molar-refractivity contribution is 6.24. The van der Waals surface area contributed by atoms with Gasteiger partial charge in [-0.3, -0.25) is 4.79 Å². The van der Waals surface area contributed by atoms with Crippen molar-refractivity contribution < 1.29 is 14.3 Å². The van der Waals surface area contributed by atoms with Crippen LogP contribution in [-0.4, -0.2) is 30.1 Å². The van der Waals surface area contributed by atoms with Crippen LogP contribution in [0.1, 0.15) is 11.1 Å². The molecule has 0 bridgehead atoms. The zero-order chi connectivity index (χ0) is 17.1. The summed E-state index contributed by atoms with van der Waals surface area (Å²) < 4.78 is 10.5. The van der Waals surface area contributed by atoms with E-state index in [1.165, 1.54) is 0 Å². The fraction of sp³-hybridized carbons (Fsp3) is 0.111. The van der Waals surface area contributed by atoms with Crippen LogP contribution in [-0.2, 0) is 4.79 Å². The Morgan fingerprint density at radius 3 is 2.54 bits per heavy atom. The van der Waals surface area contributed by atoms with Gasteiger partial charge in [-0.05, 0) is 35.9 Å². The smallest absolute Gasteiger partial charge is 0.249 e. The topological polar surface area (TPSA) is 90.2 Å². The third kappa shape index (κ3) is 2.94. The number of benzene rings is 1. The van der Waals surface area contributed by atoms with Crippen LogP contribution in [0.25, 0.3) is 22.7 Å². The van der Waals surface area contributed by atoms with E-state index in [2.05, 4.69) is 9.97 Å². The number of methoxy groups -OCH3 is 2. The standard InChI is InChI=1S/C18H17N3O3/c1-23-13-6-11(7-14(9-13)24-2)16(17(19)22)8-12-10-21-18-15(12)4-3-5-20-18/h3-10H,1-2H3,(H2,19,22)(H,20,21). The molecule has 0 fully saturated rings. The number of nitrogens with zero attached hydrogens (tertiary/aromatic N) is 1. The van der Waals surface area contributed by atoms with E-state index in [9.17, 15) is 4.79 Å². The van der Waals surface area contributed by atoms with E-state index in [1.807, 2.05) is 12.1 Å². The Kier molecular flexibility index (Phi) is 4.20. The summed E-state index contributed by atoms with van der Waals surface area (Å²) in [6, 6.07) is 8.98. The van der Waals surface area contributed by atoms with E-state index in [-0.39, 0.29) is 0 Å². The molecule has 0 aliphatic rings. The first-order valence-corrected chi connectivity index (χ1v) is 7.29. The molecule has 24 heavy (non-hydrogen) atoms. The van der Waals surface area contributed by atoms with E-state index in [0.717, 1.165) is 16.6 Å². The summed E-state index contributed by atoms with van der Waals surface area (Å²) in [7, 11) is 3.11. The number of hydrogen-bond acceptors (Lipinski definition) is 4. The SMILES string of the molecule is COc1cc(OC)cc(C(=Cc2c[nH]c3ncccc23)C(N)=O)c1. The van der Waals surface area contributed by atoms with Crippen LogP contribution in [0, 0.1) is 0 Å². The van der Waals surface area contributed by atoms with Gasteiger partial charge in [-0.25, -0.2) is 4.98 Å². The normalized spacial score (nSPS) is 11.5. The molecule has 0 saturated carbocycles. The number of nitrogens with two attached hydrogens (primary N) is 1. The summed E-state index contributed by atoms with van der Waals surface area (Å²) in [5.74, 6) is 0.623. The van der Waals surface area contributed by atoms with E-state index in [4.69, 9.17) is 15.2 Å². The molecule has 0 atom stereocenters. The molecule has 0 unspecified atom stereocenters. The number of ether oxygens (including phenoxy) is 2. The number of aromatic amines is 1. The van der Waals surface area contributed by atoms with E-state index in [1.54, 1.807) is 50.9 Å². The molecule has 0 spiro atoms. The van der Waals surface area contributed by atoms with Gasteiger partial charge in [-0.1, -0.05) is 0 Å². The first kappa shape index (κ1) is 15.6. The van der Waals surface area contributed by atoms with E-state index >= 15 is 0 Å². The number of hydrogen-bond donors (Lipinski definition) is 2. The minimum atomic E-state index is -0.538. The summed E-state index contributed by atoms with van der Waals surface area (Å²) >= 11 is 0. The minimum absolute atomic E-state index is 0.358. The predicted molar refractivity (Wildman–Crippen MR) is 92.7 cm³/mol. The van der Waals surface area contributed by atoms with Gasteiger partial charge < -0.3 is 20.2 Å². The van der Waals surface area contributed by atoms with Crippen LogP contribution < -0.4 is 15.2 Å². The second-order valence-corrected chi connectivity index (χ2v) is 5.17. The molecule has 6 heteroatoms. The number of primary amides is 1. The number of pyridine rings is 1. The first-order valence-electron chi connectivity index (χ1n) is 7.29. The minimum Gasteiger partial charge on any atom is -0.497 e. The number of carbonyl (C=O) groups excluding carboxylic acids is 1. The third-order valence-corrected chi connectivity index (χ3v) is 3.71. The summed E-state index contributed by atoms with van der Waals surface area (Å²) in [5.41, 5.74) is 8.15. The fourth-order valence-corrected chi connectivity index (χ4v) is 2.51. The van der Waals surface area contributed by atoms with Crippen LogP contribution in [0.4, 0.5) is 0 Å². The lowest BCUT2D eigenvalue weighted by Crippen LogP contribution is -2.13. The van der Waals surface area contributed by atoms with E-state index in [0.29, 0.717) is 22.6 Å². The van der Waals surface area contributed by atoms with Gasteiger partial charge in [0, 0.05) is 35.0 Å². The summed E-state index contributed by atoms with van der Waals surface area (Å²) in [5, 5.41) is 0.908. The second-order valence-electron chi connectivity index (χ2n) is 5.17. The quantitative estimate of drug-likeness (QED) is 0.706. The Morgan fingerprint density at radius 2 is 1.92 bits per heavy atom. The van der Waals surface area contributed by atoms with Crippen molar-refractivity contribution in [1.29, 1.82) is 0 Å². The Balaban J connectivity index is 2.15. The molecule has 0 aliphatic heterocycles. The molecule has 0 aliphatic carbocycles. The number of fused-ring (bicyclic) bond motifs is 1. The number of H-pyrrole nitrogens is 1. The summed E-state index contributed by atoms with van der Waals surface area (Å²) in [4.78, 5) is 19.3. The van der Waals surface area contributed by atoms with Crippen molar-refractivity contribution in [2.75, 3.05) is 14.2 Å². The maximum atomic E-state index is 12.0. The van der Waals surface area contributed by atoms with Crippen LogP contribution in [0.2, 0.25) is 0 Å². The second kappa shape index (κ2) is 6.45. The molecule has 0 saturated heterocycles. The molecular weight excluding hydrogens is 306 g/mol. The molecule has 1 aromatic carbocycles. The fourth-order valence-electron chi connectivity index (χ4n) is 2.51. The number of aromatic nitrogens is 2. The van der Waals surface area contributed by atoms with Crippen molar-refractivity contribution in [1.82, 2.24) is 9.97 Å². The lowest BCUT2D eigenvalue weighted by atomic mass is 10.0. The molecular formula is C18H17N3O3. The van der Waals surface area contributed by atoms with Gasteiger partial charge in [0.05, 0.1) is 14.2 Å². The summed E-state index contributed by atoms with van der Waals surface area (Å²) in [6.07, 6.45) is 5.23. The van der Waals surface area contributed by atoms with Crippen molar-refractivity contribution in [3.8, 4) is 11.5 Å². The van der Waals surface area contributed by atoms with Crippen molar-refractivity contribution in [2.45, 2.75) is 0 Å². The van der Waals surface area contributed by atoms with Gasteiger partial charge in [0.15, 0.2) is 0 Å². The molecule has 3 aromatic rings. The highest BCUT2D eigenvalue weighted by Crippen LogP contribution is 2.29. The van der Waals surface area contributed by atoms with Crippen molar-refractivity contribution in [3.05, 3.63) is 53.9 Å². The molecule has 3 N–H and O–H groups in total. The molecule has 1 amide bonds. The molecule has 2 aromatic heterocycles. The Labute approximate surface area is 138 Å². The monoisotopic (exact) mass is 323 g/mol. The first-order chi connectivity index (χ1) is 11.6. The van der Waals surface area contributed by atoms with Crippen LogP contribution in [0.5, 0.6) is 11.5 Å². The van der Waals surface area contributed by atoms with Crippen LogP contribution >= 0.6 is 0 Å². The number of rotatable bonds is 5. The number of carbonyl (C=O) groups is 1. The Bertz CT molecular complexity index is 906. The Morgan fingerprint density at radius 1 is 1.21 bits per heavy atom. The highest BCUT2D eigenvalue weighted by Gasteiger charge is 2.13. The third-order valence-electron chi connectivity index (χ3n) is 3.71. The Hall–Kier alpha value is -3.28. The van der Waals surface area contributed by atoms with Gasteiger partial charge >= 0.3 is 0 Å². The van der Waals surface area contributed by atoms with Gasteiger partial charge in [0.25, 0.3) is 0 Å². The largest absolute Gasteiger partial charge is 0.497 e. The lowest BCUT2D eigenvalue weighted by Gasteiger charge is -2.09. The van der Waals surface area contributed by atoms with E-state index < -0.39 is 5.91 Å². The molecule has 3 rings (SSSR count). The predicted octanol–water partition coefficient (Wildman–Crippen LogP) is 2.61. The lowest BCUT2D eigenvalue weighted by molar-refractivity contribution is -0.112. The number of nitrogens with one attached hydrogen (secondary N) is 1. The van der Waals surface area contributed by atoms with Crippen molar-refractivity contribution in [3.63, 3.8) is 0 Å². The maximum Gasteiger partial charge on any atom is 0.249 e. The molecule has 6 nitrogen and oxygen atoms in total. The zero-order valence-electron chi connectivity index (χ0n) is 13.4. The average Bonchev–Trinajstić information content (AvgIpc) is 3.01. The molecule has 0 radical (unpaired) electrons. The van der Waals surface area contributed by atoms with Crippen molar-refractivity contribution in [2.24, 2.45) is 5.73 Å². The maximum absolute atomic E-state index is 12.0. The summed E-state index contributed by atoms with van der Waals surface area (Å²) in [6.45, 7) is 0. The van der Waals surface area contributed by atoms with Gasteiger partial charge in [-0.15, -0.1) is 0 Å². The van der Waals surface area contributed by atoms with Crippen LogP contribution in [0.15, 0.2) is 42.7 Å². The van der Waals surface area contributed by atoms with Gasteiger partial charge in [-0.2, -0.15) is 0 Å². The van der Waals surface area contributed by atoms with Gasteiger partial charge in [0.1, 0.15) is 17.1 Å². The van der Waals surface area contributed by atoms with Crippen molar-refractivity contribution >= 4 is 28.6 Å². The van der Waals surface area contributed by atoms with Crippen LogP contribution in [0.3, 0.4) is 0 Å². The molecule has 122 valence electrons. The average molecular weight is 323 g/mol. The zero-order valence-corrected chi connectivity index (χ0v) is 13.4. The number of amides is 1.